The maximum Gasteiger partial charge on any atom is 0.0972 e. The van der Waals surface area contributed by atoms with Crippen LogP contribution in [0.15, 0.2) is 182 Å². The highest BCUT2D eigenvalue weighted by Crippen LogP contribution is 2.42. The largest absolute Gasteiger partial charge is 0.310 e. The molecule has 0 amide bonds. The van der Waals surface area contributed by atoms with E-state index in [1.807, 2.05) is 12.3 Å². The molecule has 0 radical (unpaired) electrons. The summed E-state index contributed by atoms with van der Waals surface area (Å²) in [7, 11) is 0. The predicted molar refractivity (Wildman–Crippen MR) is 213 cm³/mol. The second-order valence-corrected chi connectivity index (χ2v) is 12.8. The minimum absolute atomic E-state index is 0.889. The first-order valence-electron chi connectivity index (χ1n) is 17.2. The third-order valence-electron chi connectivity index (χ3n) is 9.84. The highest BCUT2D eigenvalue weighted by molar-refractivity contribution is 6.23. The first kappa shape index (κ1) is 29.0. The Morgan fingerprint density at radius 3 is 1.82 bits per heavy atom. The van der Waals surface area contributed by atoms with Crippen LogP contribution in [0.3, 0.4) is 0 Å². The number of hydrogen-bond donors (Lipinski definition) is 0. The summed E-state index contributed by atoms with van der Waals surface area (Å²) < 4.78 is 0. The maximum atomic E-state index is 5.54. The minimum Gasteiger partial charge on any atom is -0.310 e. The van der Waals surface area contributed by atoms with Gasteiger partial charge in [0.05, 0.1) is 27.9 Å². The summed E-state index contributed by atoms with van der Waals surface area (Å²) in [4.78, 5) is 17.8. The lowest BCUT2D eigenvalue weighted by Crippen LogP contribution is -2.09. The first-order chi connectivity index (χ1) is 25.3. The Bertz CT molecular complexity index is 2880. The zero-order chi connectivity index (χ0) is 33.7. The molecular formula is C47H30N4. The van der Waals surface area contributed by atoms with Crippen molar-refractivity contribution in [3.63, 3.8) is 0 Å². The van der Waals surface area contributed by atoms with E-state index in [1.165, 1.54) is 16.2 Å². The number of para-hydroxylation sites is 2. The lowest BCUT2D eigenvalue weighted by atomic mass is 9.92. The van der Waals surface area contributed by atoms with Gasteiger partial charge in [0.25, 0.3) is 0 Å². The van der Waals surface area contributed by atoms with E-state index in [-0.39, 0.29) is 0 Å². The molecule has 0 spiro atoms. The Labute approximate surface area is 294 Å². The third kappa shape index (κ3) is 4.88. The molecule has 0 aliphatic carbocycles. The molecule has 10 rings (SSSR count). The average Bonchev–Trinajstić information content (AvgIpc) is 3.21. The lowest BCUT2D eigenvalue weighted by molar-refractivity contribution is 1.28. The van der Waals surface area contributed by atoms with E-state index in [0.29, 0.717) is 0 Å². The van der Waals surface area contributed by atoms with Crippen molar-refractivity contribution < 1.29 is 0 Å². The van der Waals surface area contributed by atoms with Crippen molar-refractivity contribution in [3.8, 4) is 22.5 Å². The fourth-order valence-electron chi connectivity index (χ4n) is 7.50. The van der Waals surface area contributed by atoms with Crippen molar-refractivity contribution in [2.45, 2.75) is 0 Å². The Kier molecular flexibility index (Phi) is 6.78. The standard InChI is InChI=1S/C47H30N4/c1-3-14-34(15-4-1)51(35-16-5-2-6-17-35)36-25-27-40-43(30-36)50-47(41-26-23-31-12-7-8-18-37(31)44(40)41)39-20-10-9-19-38(39)42-28-24-33-22-21-32-13-11-29-48-45(32)46(33)49-42/h1-30H. The Morgan fingerprint density at radius 1 is 0.392 bits per heavy atom. The number of nitrogens with zero attached hydrogens (tertiary/aromatic N) is 4. The topological polar surface area (TPSA) is 41.9 Å². The van der Waals surface area contributed by atoms with E-state index in [4.69, 9.17) is 15.0 Å². The molecule has 3 aromatic heterocycles. The van der Waals surface area contributed by atoms with Crippen LogP contribution in [0.4, 0.5) is 17.1 Å². The molecule has 0 N–H and O–H groups in total. The van der Waals surface area contributed by atoms with E-state index in [1.54, 1.807) is 0 Å². The number of hydrogen-bond acceptors (Lipinski definition) is 4. The number of benzene rings is 7. The van der Waals surface area contributed by atoms with E-state index < -0.39 is 0 Å². The van der Waals surface area contributed by atoms with Crippen LogP contribution < -0.4 is 4.90 Å². The summed E-state index contributed by atoms with van der Waals surface area (Å²) >= 11 is 0. The normalized spacial score (nSPS) is 11.5. The van der Waals surface area contributed by atoms with Crippen molar-refractivity contribution in [3.05, 3.63) is 182 Å². The van der Waals surface area contributed by atoms with Crippen LogP contribution in [0.5, 0.6) is 0 Å². The molecule has 3 heterocycles. The monoisotopic (exact) mass is 650 g/mol. The summed E-state index contributed by atoms with van der Waals surface area (Å²) in [5, 5.41) is 7.98. The molecule has 0 aliphatic heterocycles. The predicted octanol–water partition coefficient (Wildman–Crippen LogP) is 12.4. The van der Waals surface area contributed by atoms with Gasteiger partial charge in [-0.3, -0.25) is 4.98 Å². The van der Waals surface area contributed by atoms with Crippen molar-refractivity contribution in [2.24, 2.45) is 0 Å². The molecule has 0 atom stereocenters. The van der Waals surface area contributed by atoms with Gasteiger partial charge in [0, 0.05) is 61.3 Å². The highest BCUT2D eigenvalue weighted by atomic mass is 15.1. The van der Waals surface area contributed by atoms with Crippen LogP contribution in [0.25, 0.3) is 76.8 Å². The molecule has 238 valence electrons. The van der Waals surface area contributed by atoms with Gasteiger partial charge in [-0.15, -0.1) is 0 Å². The fraction of sp³-hybridized carbons (Fsp3) is 0. The number of fused-ring (bicyclic) bond motifs is 8. The first-order valence-corrected chi connectivity index (χ1v) is 17.2. The van der Waals surface area contributed by atoms with E-state index >= 15 is 0 Å². The maximum absolute atomic E-state index is 5.54. The summed E-state index contributed by atoms with van der Waals surface area (Å²) in [5.74, 6) is 0. The zero-order valence-electron chi connectivity index (χ0n) is 27.6. The van der Waals surface area contributed by atoms with Crippen molar-refractivity contribution in [2.75, 3.05) is 4.90 Å². The molecule has 0 aliphatic rings. The van der Waals surface area contributed by atoms with Crippen LogP contribution >= 0.6 is 0 Å². The number of pyridine rings is 3. The molecule has 0 bridgehead atoms. The molecule has 0 unspecified atom stereocenters. The van der Waals surface area contributed by atoms with Gasteiger partial charge in [0.2, 0.25) is 0 Å². The summed E-state index contributed by atoms with van der Waals surface area (Å²) in [6, 6.07) is 61.9. The molecule has 0 fully saturated rings. The fourth-order valence-corrected chi connectivity index (χ4v) is 7.50. The lowest BCUT2D eigenvalue weighted by Gasteiger charge is -2.26. The molecule has 4 heteroatoms. The SMILES string of the molecule is c1ccc(N(c2ccccc2)c2ccc3c(c2)nc(-c2ccccc2-c2ccc4ccc5cccnc5c4n2)c2ccc4ccccc4c23)cc1. The Morgan fingerprint density at radius 2 is 1.02 bits per heavy atom. The number of aromatic nitrogens is 3. The molecule has 10 aromatic rings. The van der Waals surface area contributed by atoms with Crippen molar-refractivity contribution >= 4 is 71.3 Å². The minimum atomic E-state index is 0.889. The smallest absolute Gasteiger partial charge is 0.0972 e. The third-order valence-corrected chi connectivity index (χ3v) is 9.84. The van der Waals surface area contributed by atoms with Gasteiger partial charge in [-0.2, -0.15) is 0 Å². The number of anilines is 3. The average molecular weight is 651 g/mol. The molecular weight excluding hydrogens is 621 g/mol. The van der Waals surface area contributed by atoms with Crippen LogP contribution in [0.1, 0.15) is 0 Å². The van der Waals surface area contributed by atoms with E-state index in [9.17, 15) is 0 Å². The van der Waals surface area contributed by atoms with Gasteiger partial charge in [-0.25, -0.2) is 9.97 Å². The van der Waals surface area contributed by atoms with Crippen LogP contribution in [0.2, 0.25) is 0 Å². The van der Waals surface area contributed by atoms with Gasteiger partial charge in [-0.1, -0.05) is 127 Å². The quantitative estimate of drug-likeness (QED) is 0.174. The van der Waals surface area contributed by atoms with Crippen LogP contribution in [-0.2, 0) is 0 Å². The van der Waals surface area contributed by atoms with Crippen LogP contribution in [-0.4, -0.2) is 15.0 Å². The van der Waals surface area contributed by atoms with Gasteiger partial charge >= 0.3 is 0 Å². The highest BCUT2D eigenvalue weighted by Gasteiger charge is 2.19. The Balaban J connectivity index is 1.25. The molecule has 7 aromatic carbocycles. The van der Waals surface area contributed by atoms with Crippen LogP contribution in [0, 0.1) is 0 Å². The summed E-state index contributed by atoms with van der Waals surface area (Å²) in [6.45, 7) is 0. The molecule has 0 saturated heterocycles. The van der Waals surface area contributed by atoms with Gasteiger partial charge in [0.1, 0.15) is 0 Å². The summed E-state index contributed by atoms with van der Waals surface area (Å²) in [5.41, 5.74) is 9.83. The Hall–Kier alpha value is -6.91. The van der Waals surface area contributed by atoms with Gasteiger partial charge < -0.3 is 4.90 Å². The van der Waals surface area contributed by atoms with Crippen molar-refractivity contribution in [1.82, 2.24) is 15.0 Å². The molecule has 4 nitrogen and oxygen atoms in total. The zero-order valence-corrected chi connectivity index (χ0v) is 27.6. The second-order valence-electron chi connectivity index (χ2n) is 12.8. The number of rotatable bonds is 5. The van der Waals surface area contributed by atoms with Gasteiger partial charge in [0.15, 0.2) is 0 Å². The van der Waals surface area contributed by atoms with Crippen molar-refractivity contribution in [1.29, 1.82) is 0 Å². The summed E-state index contributed by atoms with van der Waals surface area (Å²) in [6.07, 6.45) is 1.84. The van der Waals surface area contributed by atoms with E-state index in [2.05, 4.69) is 175 Å². The molecule has 51 heavy (non-hydrogen) atoms. The molecule has 0 saturated carbocycles. The van der Waals surface area contributed by atoms with E-state index in [0.717, 1.165) is 77.7 Å². The second kappa shape index (κ2) is 11.9. The van der Waals surface area contributed by atoms with Gasteiger partial charge in [-0.05, 0) is 59.3 Å².